The van der Waals surface area contributed by atoms with E-state index < -0.39 is 0 Å². The van der Waals surface area contributed by atoms with Gasteiger partial charge in [0, 0.05) is 23.6 Å². The van der Waals surface area contributed by atoms with Gasteiger partial charge in [-0.05, 0) is 54.7 Å². The summed E-state index contributed by atoms with van der Waals surface area (Å²) in [5, 5.41) is 0. The second-order valence-corrected chi connectivity index (χ2v) is 7.68. The van der Waals surface area contributed by atoms with Crippen LogP contribution in [0.25, 0.3) is 0 Å². The zero-order valence-corrected chi connectivity index (χ0v) is 14.9. The minimum Gasteiger partial charge on any atom is -0.338 e. The molecule has 3 nitrogen and oxygen atoms in total. The van der Waals surface area contributed by atoms with E-state index in [-0.39, 0.29) is 24.4 Å². The van der Waals surface area contributed by atoms with Gasteiger partial charge < -0.3 is 10.6 Å². The standard InChI is InChI=1S/C17H21BrN2O.ClH/c18-14-3-1-2-12-9-20(7-6-13(12)14)17(21)15-10-4-5-11(8-10)16(15)19;/h1-3,10-11,15-16H,4-9,19H2;1H. The third-order valence-electron chi connectivity index (χ3n) is 5.79. The van der Waals surface area contributed by atoms with Crippen molar-refractivity contribution in [3.8, 4) is 0 Å². The van der Waals surface area contributed by atoms with Crippen molar-refractivity contribution in [1.29, 1.82) is 0 Å². The quantitative estimate of drug-likeness (QED) is 0.807. The summed E-state index contributed by atoms with van der Waals surface area (Å²) in [7, 11) is 0. The second-order valence-electron chi connectivity index (χ2n) is 6.82. The first-order valence-electron chi connectivity index (χ1n) is 7.96. The van der Waals surface area contributed by atoms with Gasteiger partial charge >= 0.3 is 0 Å². The number of carbonyl (C=O) groups excluding carboxylic acids is 1. The number of rotatable bonds is 1. The molecule has 2 bridgehead atoms. The molecule has 4 rings (SSSR count). The van der Waals surface area contributed by atoms with Gasteiger partial charge in [-0.1, -0.05) is 28.1 Å². The van der Waals surface area contributed by atoms with Gasteiger partial charge in [0.15, 0.2) is 0 Å². The van der Waals surface area contributed by atoms with E-state index in [0.29, 0.717) is 17.7 Å². The zero-order chi connectivity index (χ0) is 14.6. The van der Waals surface area contributed by atoms with Gasteiger partial charge in [0.25, 0.3) is 0 Å². The highest BCUT2D eigenvalue weighted by atomic mass is 79.9. The number of benzene rings is 1. The van der Waals surface area contributed by atoms with Crippen molar-refractivity contribution in [3.05, 3.63) is 33.8 Å². The highest BCUT2D eigenvalue weighted by Crippen LogP contribution is 2.48. The SMILES string of the molecule is Cl.NC1C2CCC(C2)C1C(=O)N1CCc2c(Br)cccc2C1. The average Bonchev–Trinajstić information content (AvgIpc) is 3.07. The third-order valence-corrected chi connectivity index (χ3v) is 6.53. The molecule has 0 radical (unpaired) electrons. The Morgan fingerprint density at radius 3 is 2.77 bits per heavy atom. The maximum atomic E-state index is 12.9. The molecule has 5 heteroatoms. The molecule has 1 heterocycles. The minimum absolute atomic E-state index is 0. The molecule has 4 atom stereocenters. The van der Waals surface area contributed by atoms with Gasteiger partial charge in [-0.2, -0.15) is 0 Å². The molecule has 22 heavy (non-hydrogen) atoms. The largest absolute Gasteiger partial charge is 0.338 e. The van der Waals surface area contributed by atoms with Gasteiger partial charge in [0.1, 0.15) is 0 Å². The molecular weight excluding hydrogens is 364 g/mol. The number of nitrogens with two attached hydrogens (primary N) is 1. The van der Waals surface area contributed by atoms with Crippen LogP contribution in [0.2, 0.25) is 0 Å². The second kappa shape index (κ2) is 6.14. The third kappa shape index (κ3) is 2.49. The Hall–Kier alpha value is -0.580. The van der Waals surface area contributed by atoms with Crippen molar-refractivity contribution in [2.24, 2.45) is 23.5 Å². The monoisotopic (exact) mass is 384 g/mol. The van der Waals surface area contributed by atoms with E-state index in [1.54, 1.807) is 0 Å². The molecule has 1 amide bonds. The lowest BCUT2D eigenvalue weighted by Crippen LogP contribution is -2.48. The number of carbonyl (C=O) groups is 1. The van der Waals surface area contributed by atoms with Crippen molar-refractivity contribution in [1.82, 2.24) is 4.90 Å². The van der Waals surface area contributed by atoms with Crippen LogP contribution in [0.15, 0.2) is 22.7 Å². The molecular formula is C17H22BrClN2O. The number of hydrogen-bond donors (Lipinski definition) is 1. The van der Waals surface area contributed by atoms with Crippen LogP contribution in [0.4, 0.5) is 0 Å². The Morgan fingerprint density at radius 1 is 1.27 bits per heavy atom. The van der Waals surface area contributed by atoms with Crippen LogP contribution in [-0.2, 0) is 17.8 Å². The summed E-state index contributed by atoms with van der Waals surface area (Å²) >= 11 is 3.62. The van der Waals surface area contributed by atoms with Gasteiger partial charge in [-0.25, -0.2) is 0 Å². The van der Waals surface area contributed by atoms with Crippen LogP contribution in [0.5, 0.6) is 0 Å². The highest BCUT2D eigenvalue weighted by molar-refractivity contribution is 9.10. The van der Waals surface area contributed by atoms with E-state index in [1.165, 1.54) is 34.9 Å². The Kier molecular flexibility index (Phi) is 4.54. The van der Waals surface area contributed by atoms with Crippen molar-refractivity contribution >= 4 is 34.2 Å². The number of fused-ring (bicyclic) bond motifs is 3. The summed E-state index contributed by atoms with van der Waals surface area (Å²) in [5.74, 6) is 1.52. The van der Waals surface area contributed by atoms with Crippen LogP contribution in [0.1, 0.15) is 30.4 Å². The normalized spacial score (nSPS) is 32.5. The van der Waals surface area contributed by atoms with Crippen molar-refractivity contribution in [2.75, 3.05) is 6.54 Å². The van der Waals surface area contributed by atoms with Gasteiger partial charge in [-0.15, -0.1) is 12.4 Å². The molecule has 120 valence electrons. The van der Waals surface area contributed by atoms with Crippen LogP contribution >= 0.6 is 28.3 Å². The van der Waals surface area contributed by atoms with E-state index in [0.717, 1.165) is 19.5 Å². The molecule has 1 aliphatic heterocycles. The number of hydrogen-bond acceptors (Lipinski definition) is 2. The van der Waals surface area contributed by atoms with Crippen molar-refractivity contribution < 1.29 is 4.79 Å². The Bertz CT molecular complexity index is 592. The van der Waals surface area contributed by atoms with Gasteiger partial charge in [0.2, 0.25) is 5.91 Å². The predicted octanol–water partition coefficient (Wildman–Crippen LogP) is 3.13. The molecule has 1 aromatic carbocycles. The van der Waals surface area contributed by atoms with Gasteiger partial charge in [-0.3, -0.25) is 4.79 Å². The fourth-order valence-corrected chi connectivity index (χ4v) is 5.27. The topological polar surface area (TPSA) is 46.3 Å². The summed E-state index contributed by atoms with van der Waals surface area (Å²) in [6.45, 7) is 1.57. The first-order chi connectivity index (χ1) is 10.1. The number of halogens is 2. The highest BCUT2D eigenvalue weighted by Gasteiger charge is 2.50. The molecule has 0 saturated heterocycles. The number of nitrogens with zero attached hydrogens (tertiary/aromatic N) is 1. The van der Waals surface area contributed by atoms with Crippen LogP contribution in [0, 0.1) is 17.8 Å². The summed E-state index contributed by atoms with van der Waals surface area (Å²) in [6, 6.07) is 6.38. The Labute approximate surface area is 146 Å². The molecule has 0 aromatic heterocycles. The summed E-state index contributed by atoms with van der Waals surface area (Å²) in [6.07, 6.45) is 4.54. The Balaban J connectivity index is 0.00000144. The van der Waals surface area contributed by atoms with E-state index in [4.69, 9.17) is 5.73 Å². The molecule has 3 aliphatic rings. The van der Waals surface area contributed by atoms with Crippen molar-refractivity contribution in [2.45, 2.75) is 38.3 Å². The molecule has 1 aromatic rings. The maximum absolute atomic E-state index is 12.9. The number of amides is 1. The molecule has 2 saturated carbocycles. The zero-order valence-electron chi connectivity index (χ0n) is 12.5. The first kappa shape index (κ1) is 16.3. The molecule has 4 unspecified atom stereocenters. The fraction of sp³-hybridized carbons (Fsp3) is 0.588. The van der Waals surface area contributed by atoms with Crippen LogP contribution in [0.3, 0.4) is 0 Å². The van der Waals surface area contributed by atoms with E-state index >= 15 is 0 Å². The average molecular weight is 386 g/mol. The molecule has 2 N–H and O–H groups in total. The minimum atomic E-state index is 0. The molecule has 2 fully saturated rings. The lowest BCUT2D eigenvalue weighted by atomic mass is 9.83. The van der Waals surface area contributed by atoms with E-state index in [2.05, 4.69) is 34.1 Å². The summed E-state index contributed by atoms with van der Waals surface area (Å²) < 4.78 is 1.17. The molecule has 2 aliphatic carbocycles. The van der Waals surface area contributed by atoms with Crippen LogP contribution in [-0.4, -0.2) is 23.4 Å². The molecule has 0 spiro atoms. The van der Waals surface area contributed by atoms with Gasteiger partial charge in [0.05, 0.1) is 5.92 Å². The van der Waals surface area contributed by atoms with Crippen molar-refractivity contribution in [3.63, 3.8) is 0 Å². The summed E-state index contributed by atoms with van der Waals surface area (Å²) in [4.78, 5) is 15.0. The van der Waals surface area contributed by atoms with E-state index in [1.807, 2.05) is 4.90 Å². The van der Waals surface area contributed by atoms with E-state index in [9.17, 15) is 4.79 Å². The summed E-state index contributed by atoms with van der Waals surface area (Å²) in [5.41, 5.74) is 8.97. The fourth-order valence-electron chi connectivity index (χ4n) is 4.66. The first-order valence-corrected chi connectivity index (χ1v) is 8.75. The maximum Gasteiger partial charge on any atom is 0.227 e. The smallest absolute Gasteiger partial charge is 0.227 e. The lowest BCUT2D eigenvalue weighted by molar-refractivity contribution is -0.138. The van der Waals surface area contributed by atoms with Crippen LogP contribution < -0.4 is 5.73 Å². The Morgan fingerprint density at radius 2 is 2.05 bits per heavy atom. The lowest BCUT2D eigenvalue weighted by Gasteiger charge is -2.35. The predicted molar refractivity (Wildman–Crippen MR) is 92.8 cm³/mol.